The van der Waals surface area contributed by atoms with Crippen LogP contribution in [0.4, 0.5) is 5.69 Å². The van der Waals surface area contributed by atoms with Crippen LogP contribution in [0.2, 0.25) is 0 Å². The molecule has 8 nitrogen and oxygen atoms in total. The molecular formula is C23H26N4O4. The molecule has 2 aromatic carbocycles. The highest BCUT2D eigenvalue weighted by atomic mass is 16.7. The summed E-state index contributed by atoms with van der Waals surface area (Å²) in [5, 5.41) is 4.35. The third-order valence-corrected chi connectivity index (χ3v) is 5.80. The fourth-order valence-electron chi connectivity index (χ4n) is 4.08. The Balaban J connectivity index is 1.54. The van der Waals surface area contributed by atoms with Crippen LogP contribution in [0, 0.1) is 5.92 Å². The Bertz CT molecular complexity index is 977. The molecule has 8 heteroatoms. The molecule has 2 aliphatic rings. The summed E-state index contributed by atoms with van der Waals surface area (Å²) in [6.07, 6.45) is -0.905. The molecule has 1 N–H and O–H groups in total. The van der Waals surface area contributed by atoms with E-state index in [2.05, 4.69) is 5.32 Å². The fourth-order valence-corrected chi connectivity index (χ4v) is 4.08. The van der Waals surface area contributed by atoms with Gasteiger partial charge in [0.05, 0.1) is 12.0 Å². The number of rotatable bonds is 6. The lowest BCUT2D eigenvalue weighted by Gasteiger charge is -2.26. The molecule has 0 radical (unpaired) electrons. The topological polar surface area (TPSA) is 82.2 Å². The predicted molar refractivity (Wildman–Crippen MR) is 115 cm³/mol. The van der Waals surface area contributed by atoms with E-state index in [9.17, 15) is 14.4 Å². The number of anilines is 1. The van der Waals surface area contributed by atoms with E-state index in [-0.39, 0.29) is 24.3 Å². The maximum atomic E-state index is 12.8. The van der Waals surface area contributed by atoms with Crippen molar-refractivity contribution < 1.29 is 19.2 Å². The average Bonchev–Trinajstić information content (AvgIpc) is 3.24. The van der Waals surface area contributed by atoms with Gasteiger partial charge in [0.25, 0.3) is 5.91 Å². The minimum atomic E-state index is -0.905. The van der Waals surface area contributed by atoms with E-state index in [0.29, 0.717) is 6.54 Å². The number of hydrogen-bond donors (Lipinski definition) is 1. The third-order valence-electron chi connectivity index (χ3n) is 5.80. The van der Waals surface area contributed by atoms with Crippen molar-refractivity contribution in [2.24, 2.45) is 5.92 Å². The van der Waals surface area contributed by atoms with Crippen molar-refractivity contribution in [3.63, 3.8) is 0 Å². The first-order chi connectivity index (χ1) is 14.9. The number of carbonyl (C=O) groups excluding carboxylic acids is 3. The molecule has 4 rings (SSSR count). The summed E-state index contributed by atoms with van der Waals surface area (Å²) in [4.78, 5) is 46.9. The minimum Gasteiger partial charge on any atom is -0.378 e. The summed E-state index contributed by atoms with van der Waals surface area (Å²) < 4.78 is 0. The van der Waals surface area contributed by atoms with Crippen LogP contribution >= 0.6 is 0 Å². The van der Waals surface area contributed by atoms with E-state index in [4.69, 9.17) is 4.84 Å². The van der Waals surface area contributed by atoms with Gasteiger partial charge in [-0.25, -0.2) is 0 Å². The molecule has 2 saturated heterocycles. The van der Waals surface area contributed by atoms with E-state index >= 15 is 0 Å². The fraction of sp³-hybridized carbons (Fsp3) is 0.348. The maximum absolute atomic E-state index is 12.8. The van der Waals surface area contributed by atoms with Gasteiger partial charge in [0.2, 0.25) is 11.8 Å². The number of likely N-dealkylation sites (N-methyl/N-ethyl adjacent to an activating group) is 1. The van der Waals surface area contributed by atoms with Gasteiger partial charge in [-0.1, -0.05) is 42.5 Å². The zero-order chi connectivity index (χ0) is 22.1. The Labute approximate surface area is 181 Å². The van der Waals surface area contributed by atoms with Gasteiger partial charge >= 0.3 is 0 Å². The molecule has 2 aliphatic heterocycles. The number of likely N-dealkylation sites (tertiary alicyclic amines) is 1. The number of nitrogens with one attached hydrogen (secondary N) is 1. The molecule has 162 valence electrons. The average molecular weight is 422 g/mol. The Morgan fingerprint density at radius 1 is 1.03 bits per heavy atom. The number of nitrogens with zero attached hydrogens (tertiary/aromatic N) is 3. The summed E-state index contributed by atoms with van der Waals surface area (Å²) in [5.74, 6) is -1.59. The van der Waals surface area contributed by atoms with Crippen molar-refractivity contribution in [2.45, 2.75) is 18.7 Å². The van der Waals surface area contributed by atoms with Crippen LogP contribution in [-0.4, -0.2) is 61.5 Å². The van der Waals surface area contributed by atoms with E-state index in [0.717, 1.165) is 21.7 Å². The highest BCUT2D eigenvalue weighted by molar-refractivity contribution is 6.07. The van der Waals surface area contributed by atoms with Crippen LogP contribution in [0.5, 0.6) is 0 Å². The molecule has 3 amide bonds. The summed E-state index contributed by atoms with van der Waals surface area (Å²) in [6.45, 7) is 0.313. The van der Waals surface area contributed by atoms with Gasteiger partial charge in [0.1, 0.15) is 6.54 Å². The third kappa shape index (κ3) is 4.04. The predicted octanol–water partition coefficient (Wildman–Crippen LogP) is 1.34. The lowest BCUT2D eigenvalue weighted by Crippen LogP contribution is -2.40. The second-order valence-electron chi connectivity index (χ2n) is 8.06. The molecule has 31 heavy (non-hydrogen) atoms. The van der Waals surface area contributed by atoms with Gasteiger partial charge in [0, 0.05) is 33.4 Å². The number of carbonyl (C=O) groups is 3. The molecule has 0 aliphatic carbocycles. The number of fused-ring (bicyclic) bond motifs is 1. The number of benzene rings is 2. The number of amides is 3. The monoisotopic (exact) mass is 422 g/mol. The second kappa shape index (κ2) is 8.49. The molecule has 0 aromatic heterocycles. The standard InChI is InChI=1S/C23H26N4O4/c1-25(2)17-11-9-16(10-12-17)20-19-21(23(30)26(3)22(19)29)31-27(20)14-18(28)24-13-15-7-5-4-6-8-15/h4-12,19-21H,13-14H2,1-3H3,(H,24,28). The Morgan fingerprint density at radius 3 is 2.35 bits per heavy atom. The van der Waals surface area contributed by atoms with E-state index in [1.165, 1.54) is 12.1 Å². The van der Waals surface area contributed by atoms with Crippen molar-refractivity contribution >= 4 is 23.4 Å². The van der Waals surface area contributed by atoms with Crippen LogP contribution in [0.3, 0.4) is 0 Å². The van der Waals surface area contributed by atoms with Crippen LogP contribution in [0.25, 0.3) is 0 Å². The normalized spacial score (nSPS) is 23.2. The van der Waals surface area contributed by atoms with Gasteiger partial charge in [0.15, 0.2) is 6.10 Å². The summed E-state index contributed by atoms with van der Waals surface area (Å²) >= 11 is 0. The summed E-state index contributed by atoms with van der Waals surface area (Å²) in [6, 6.07) is 16.8. The van der Waals surface area contributed by atoms with Crippen molar-refractivity contribution in [2.75, 3.05) is 32.6 Å². The molecular weight excluding hydrogens is 396 g/mol. The molecule has 0 saturated carbocycles. The van der Waals surface area contributed by atoms with Crippen molar-refractivity contribution in [1.82, 2.24) is 15.3 Å². The number of hydroxylamine groups is 2. The Hall–Kier alpha value is -3.23. The van der Waals surface area contributed by atoms with Crippen LogP contribution < -0.4 is 10.2 Å². The summed E-state index contributed by atoms with van der Waals surface area (Å²) in [7, 11) is 5.36. The Morgan fingerprint density at radius 2 is 1.71 bits per heavy atom. The van der Waals surface area contributed by atoms with Crippen LogP contribution in [0.15, 0.2) is 54.6 Å². The number of imide groups is 1. The first-order valence-corrected chi connectivity index (χ1v) is 10.2. The van der Waals surface area contributed by atoms with Gasteiger partial charge in [-0.3, -0.25) is 24.1 Å². The van der Waals surface area contributed by atoms with Gasteiger partial charge < -0.3 is 10.2 Å². The Kier molecular flexibility index (Phi) is 5.75. The zero-order valence-corrected chi connectivity index (χ0v) is 17.8. The van der Waals surface area contributed by atoms with Crippen molar-refractivity contribution in [3.05, 3.63) is 65.7 Å². The minimum absolute atomic E-state index is 0.0792. The van der Waals surface area contributed by atoms with Crippen molar-refractivity contribution in [3.8, 4) is 0 Å². The largest absolute Gasteiger partial charge is 0.378 e. The lowest BCUT2D eigenvalue weighted by atomic mass is 9.90. The quantitative estimate of drug-likeness (QED) is 0.708. The smallest absolute Gasteiger partial charge is 0.261 e. The van der Waals surface area contributed by atoms with Gasteiger partial charge in [-0.05, 0) is 23.3 Å². The van der Waals surface area contributed by atoms with Gasteiger partial charge in [-0.2, -0.15) is 5.06 Å². The molecule has 3 atom stereocenters. The maximum Gasteiger partial charge on any atom is 0.261 e. The van der Waals surface area contributed by atoms with Crippen LogP contribution in [0.1, 0.15) is 17.2 Å². The van der Waals surface area contributed by atoms with Gasteiger partial charge in [-0.15, -0.1) is 0 Å². The first-order valence-electron chi connectivity index (χ1n) is 10.2. The molecule has 2 aromatic rings. The van der Waals surface area contributed by atoms with E-state index in [1.54, 1.807) is 0 Å². The SMILES string of the molecule is CN1C(=O)C2ON(CC(=O)NCc3ccccc3)C(c3ccc(N(C)C)cc3)C2C1=O. The first kappa shape index (κ1) is 21.0. The zero-order valence-electron chi connectivity index (χ0n) is 17.8. The molecule has 2 heterocycles. The highest BCUT2D eigenvalue weighted by Gasteiger charge is 2.58. The molecule has 0 bridgehead atoms. The van der Waals surface area contributed by atoms with E-state index < -0.39 is 18.1 Å². The molecule has 3 unspecified atom stereocenters. The van der Waals surface area contributed by atoms with E-state index in [1.807, 2.05) is 73.6 Å². The van der Waals surface area contributed by atoms with Crippen molar-refractivity contribution in [1.29, 1.82) is 0 Å². The molecule has 0 spiro atoms. The molecule has 2 fully saturated rings. The van der Waals surface area contributed by atoms with Crippen LogP contribution in [-0.2, 0) is 25.8 Å². The highest BCUT2D eigenvalue weighted by Crippen LogP contribution is 2.44. The summed E-state index contributed by atoms with van der Waals surface area (Å²) in [5.41, 5.74) is 2.82. The lowest BCUT2D eigenvalue weighted by molar-refractivity contribution is -0.181. The second-order valence-corrected chi connectivity index (χ2v) is 8.06. The number of hydrogen-bond acceptors (Lipinski definition) is 6.